The number of benzene rings is 2. The molecule has 0 bridgehead atoms. The Kier molecular flexibility index (Phi) is 7.83. The lowest BCUT2D eigenvalue weighted by molar-refractivity contribution is -0.144. The molecule has 2 N–H and O–H groups in total. The Morgan fingerprint density at radius 3 is 2.66 bits per heavy atom. The minimum absolute atomic E-state index is 0.0183. The fraction of sp³-hybridized carbons (Fsp3) is 0.346. The maximum atomic E-state index is 14.2. The topological polar surface area (TPSA) is 102 Å². The Labute approximate surface area is 207 Å². The van der Waals surface area contributed by atoms with E-state index < -0.39 is 23.8 Å². The highest BCUT2D eigenvalue weighted by atomic mass is 35.5. The van der Waals surface area contributed by atoms with Gasteiger partial charge in [0, 0.05) is 29.7 Å². The lowest BCUT2D eigenvalue weighted by Crippen LogP contribution is -2.40. The minimum Gasteiger partial charge on any atom is -0.481 e. The van der Waals surface area contributed by atoms with Gasteiger partial charge in [0.2, 0.25) is 0 Å². The van der Waals surface area contributed by atoms with Gasteiger partial charge in [-0.05, 0) is 55.0 Å². The molecule has 0 aliphatic heterocycles. The second-order valence-corrected chi connectivity index (χ2v) is 9.20. The summed E-state index contributed by atoms with van der Waals surface area (Å²) in [5.74, 6) is -1.79. The van der Waals surface area contributed by atoms with Crippen molar-refractivity contribution in [2.75, 3.05) is 13.7 Å². The van der Waals surface area contributed by atoms with Crippen molar-refractivity contribution in [1.29, 1.82) is 0 Å². The Morgan fingerprint density at radius 2 is 2.00 bits per heavy atom. The SMILES string of the molecule is COC[C@H](C[C@@H](Cc1ccc(-c2cc(Cl)ccc2F)cc1)NC(=O)c1coc(C2CC2)n1)C(=O)O. The van der Waals surface area contributed by atoms with Gasteiger partial charge in [-0.25, -0.2) is 9.37 Å². The summed E-state index contributed by atoms with van der Waals surface area (Å²) < 4.78 is 24.7. The number of carboxylic acids is 1. The molecule has 7 nitrogen and oxygen atoms in total. The minimum atomic E-state index is -1.00. The molecule has 0 radical (unpaired) electrons. The van der Waals surface area contributed by atoms with Gasteiger partial charge in [0.1, 0.15) is 12.1 Å². The molecule has 1 aliphatic rings. The predicted molar refractivity (Wildman–Crippen MR) is 128 cm³/mol. The maximum absolute atomic E-state index is 14.2. The zero-order valence-corrected chi connectivity index (χ0v) is 19.9. The number of halogens is 2. The van der Waals surface area contributed by atoms with Crippen LogP contribution >= 0.6 is 11.6 Å². The van der Waals surface area contributed by atoms with Gasteiger partial charge in [-0.1, -0.05) is 35.9 Å². The van der Waals surface area contributed by atoms with Gasteiger partial charge in [0.15, 0.2) is 11.6 Å². The van der Waals surface area contributed by atoms with E-state index >= 15 is 0 Å². The summed E-state index contributed by atoms with van der Waals surface area (Å²) in [5.41, 5.74) is 2.06. The van der Waals surface area contributed by atoms with E-state index in [1.165, 1.54) is 25.5 Å². The van der Waals surface area contributed by atoms with E-state index in [0.29, 0.717) is 28.5 Å². The number of aromatic nitrogens is 1. The number of oxazole rings is 1. The molecule has 1 amide bonds. The second kappa shape index (κ2) is 11.0. The van der Waals surface area contributed by atoms with Crippen molar-refractivity contribution in [1.82, 2.24) is 10.3 Å². The molecule has 184 valence electrons. The Bertz CT molecular complexity index is 1190. The van der Waals surface area contributed by atoms with E-state index in [1.807, 2.05) is 12.1 Å². The molecule has 0 unspecified atom stereocenters. The van der Waals surface area contributed by atoms with Crippen LogP contribution in [0.1, 0.15) is 47.1 Å². The summed E-state index contributed by atoms with van der Waals surface area (Å²) >= 11 is 6.01. The maximum Gasteiger partial charge on any atom is 0.308 e. The largest absolute Gasteiger partial charge is 0.481 e. The van der Waals surface area contributed by atoms with Gasteiger partial charge in [-0.3, -0.25) is 9.59 Å². The Morgan fingerprint density at radius 1 is 1.26 bits per heavy atom. The number of carbonyl (C=O) groups is 2. The van der Waals surface area contributed by atoms with Crippen LogP contribution in [0, 0.1) is 11.7 Å². The van der Waals surface area contributed by atoms with Crippen molar-refractivity contribution < 1.29 is 28.2 Å². The van der Waals surface area contributed by atoms with Crippen molar-refractivity contribution in [2.45, 2.75) is 37.6 Å². The van der Waals surface area contributed by atoms with Gasteiger partial charge in [-0.2, -0.15) is 0 Å². The Hall–Kier alpha value is -3.23. The highest BCUT2D eigenvalue weighted by Crippen LogP contribution is 2.39. The van der Waals surface area contributed by atoms with Crippen molar-refractivity contribution >= 4 is 23.5 Å². The second-order valence-electron chi connectivity index (χ2n) is 8.77. The molecule has 9 heteroatoms. The van der Waals surface area contributed by atoms with E-state index in [9.17, 15) is 19.1 Å². The number of hydrogen-bond acceptors (Lipinski definition) is 5. The number of carbonyl (C=O) groups excluding carboxylic acids is 1. The first kappa shape index (κ1) is 24.9. The molecule has 0 saturated heterocycles. The molecular weight excluding hydrogens is 475 g/mol. The van der Waals surface area contributed by atoms with Crippen LogP contribution < -0.4 is 5.32 Å². The van der Waals surface area contributed by atoms with Crippen molar-refractivity contribution in [2.24, 2.45) is 5.92 Å². The summed E-state index contributed by atoms with van der Waals surface area (Å²) in [6.07, 6.45) is 3.85. The first-order valence-electron chi connectivity index (χ1n) is 11.4. The number of amides is 1. The summed E-state index contributed by atoms with van der Waals surface area (Å²) in [5, 5.41) is 12.9. The van der Waals surface area contributed by atoms with Crippen LogP contribution in [0.25, 0.3) is 11.1 Å². The standard InChI is InChI=1S/C26H26ClFN2O5/c1-34-13-18(26(32)33)11-20(29-24(31)23-14-35-25(30-23)17-6-7-17)10-15-2-4-16(5-3-15)21-12-19(27)8-9-22(21)28/h2-5,8-9,12,14,17-18,20H,6-7,10-11,13H2,1H3,(H,29,31)(H,32,33)/t18-,20+/m0/s1. The van der Waals surface area contributed by atoms with E-state index in [1.54, 1.807) is 18.2 Å². The Balaban J connectivity index is 1.51. The van der Waals surface area contributed by atoms with E-state index in [4.69, 9.17) is 20.8 Å². The van der Waals surface area contributed by atoms with Gasteiger partial charge < -0.3 is 19.6 Å². The molecular formula is C26H26ClFN2O5. The number of aliphatic carboxylic acids is 1. The smallest absolute Gasteiger partial charge is 0.308 e. The van der Waals surface area contributed by atoms with Crippen LogP contribution in [-0.2, 0) is 16.0 Å². The highest BCUT2D eigenvalue weighted by molar-refractivity contribution is 6.30. The molecule has 2 atom stereocenters. The number of methoxy groups -OCH3 is 1. The quantitative estimate of drug-likeness (QED) is 0.380. The number of nitrogens with one attached hydrogen (secondary N) is 1. The van der Waals surface area contributed by atoms with Crippen LogP contribution in [0.5, 0.6) is 0 Å². The zero-order valence-electron chi connectivity index (χ0n) is 19.2. The molecule has 3 aromatic rings. The van der Waals surface area contributed by atoms with E-state index in [-0.39, 0.29) is 30.5 Å². The van der Waals surface area contributed by atoms with Gasteiger partial charge in [-0.15, -0.1) is 0 Å². The van der Waals surface area contributed by atoms with Crippen LogP contribution in [0.15, 0.2) is 53.1 Å². The lowest BCUT2D eigenvalue weighted by atomic mass is 9.94. The van der Waals surface area contributed by atoms with Crippen LogP contribution in [-0.4, -0.2) is 41.7 Å². The third-order valence-electron chi connectivity index (χ3n) is 5.98. The van der Waals surface area contributed by atoms with E-state index in [2.05, 4.69) is 10.3 Å². The molecule has 1 aliphatic carbocycles. The molecule has 35 heavy (non-hydrogen) atoms. The third kappa shape index (κ3) is 6.46. The average Bonchev–Trinajstić information content (AvgIpc) is 3.56. The fourth-order valence-electron chi connectivity index (χ4n) is 3.97. The first-order chi connectivity index (χ1) is 16.8. The van der Waals surface area contributed by atoms with Crippen LogP contribution in [0.2, 0.25) is 5.02 Å². The zero-order chi connectivity index (χ0) is 24.9. The molecule has 2 aromatic carbocycles. The fourth-order valence-corrected chi connectivity index (χ4v) is 4.14. The summed E-state index contributed by atoms with van der Waals surface area (Å²) in [6, 6.07) is 11.0. The summed E-state index contributed by atoms with van der Waals surface area (Å²) in [6.45, 7) is 0.0183. The molecule has 1 fully saturated rings. The van der Waals surface area contributed by atoms with Crippen molar-refractivity contribution in [3.8, 4) is 11.1 Å². The summed E-state index contributed by atoms with van der Waals surface area (Å²) in [7, 11) is 1.44. The van der Waals surface area contributed by atoms with Crippen molar-refractivity contribution in [3.05, 3.63) is 76.7 Å². The van der Waals surface area contributed by atoms with Gasteiger partial charge in [0.25, 0.3) is 5.91 Å². The van der Waals surface area contributed by atoms with Crippen LogP contribution in [0.4, 0.5) is 4.39 Å². The highest BCUT2D eigenvalue weighted by Gasteiger charge is 2.30. The average molecular weight is 501 g/mol. The molecule has 4 rings (SSSR count). The number of carboxylic acid groups (broad SMARTS) is 1. The molecule has 1 saturated carbocycles. The van der Waals surface area contributed by atoms with E-state index in [0.717, 1.165) is 18.4 Å². The normalized spacial score (nSPS) is 14.9. The first-order valence-corrected chi connectivity index (χ1v) is 11.7. The number of rotatable bonds is 11. The van der Waals surface area contributed by atoms with Crippen molar-refractivity contribution in [3.63, 3.8) is 0 Å². The third-order valence-corrected chi connectivity index (χ3v) is 6.21. The van der Waals surface area contributed by atoms with Gasteiger partial charge >= 0.3 is 5.97 Å². The molecule has 1 heterocycles. The lowest BCUT2D eigenvalue weighted by Gasteiger charge is -2.22. The van der Waals surface area contributed by atoms with Gasteiger partial charge in [0.05, 0.1) is 12.5 Å². The van der Waals surface area contributed by atoms with Crippen LogP contribution in [0.3, 0.4) is 0 Å². The number of hydrogen-bond donors (Lipinski definition) is 2. The summed E-state index contributed by atoms with van der Waals surface area (Å²) in [4.78, 5) is 28.8. The monoisotopic (exact) mass is 500 g/mol. The number of ether oxygens (including phenoxy) is 1. The molecule has 0 spiro atoms. The number of nitrogens with zero attached hydrogens (tertiary/aromatic N) is 1. The molecule has 1 aromatic heterocycles. The predicted octanol–water partition coefficient (Wildman–Crippen LogP) is 5.09.